The van der Waals surface area contributed by atoms with Gasteiger partial charge in [-0.1, -0.05) is 35.3 Å². The summed E-state index contributed by atoms with van der Waals surface area (Å²) in [5.41, 5.74) is 3.27. The van der Waals surface area contributed by atoms with E-state index in [1.54, 1.807) is 24.3 Å². The number of nitrogens with one attached hydrogen (secondary N) is 2. The fourth-order valence-electron chi connectivity index (χ4n) is 1.88. The van der Waals surface area contributed by atoms with Gasteiger partial charge in [0.1, 0.15) is 0 Å². The second-order valence-corrected chi connectivity index (χ2v) is 7.28. The lowest BCUT2D eigenvalue weighted by molar-refractivity contribution is -0.130. The van der Waals surface area contributed by atoms with Crippen LogP contribution in [0.25, 0.3) is 0 Å². The molecule has 0 radical (unpaired) electrons. The number of rotatable bonds is 6. The lowest BCUT2D eigenvalue weighted by atomic mass is 10.1. The van der Waals surface area contributed by atoms with Crippen molar-refractivity contribution >= 4 is 44.8 Å². The molecule has 9 heteroatoms. The second-order valence-electron chi connectivity index (χ2n) is 4.78. The third kappa shape index (κ3) is 4.85. The van der Waals surface area contributed by atoms with Crippen LogP contribution in [0, 0.1) is 0 Å². The summed E-state index contributed by atoms with van der Waals surface area (Å²) >= 11 is 11.6. The molecule has 24 heavy (non-hydrogen) atoms. The van der Waals surface area contributed by atoms with Gasteiger partial charge in [-0.2, -0.15) is 0 Å². The molecule has 0 bridgehead atoms. The molecule has 0 aromatic heterocycles. The highest BCUT2D eigenvalue weighted by Crippen LogP contribution is 2.26. The van der Waals surface area contributed by atoms with E-state index in [1.807, 2.05) is 0 Å². The molecule has 0 aliphatic heterocycles. The van der Waals surface area contributed by atoms with Crippen molar-refractivity contribution in [1.29, 1.82) is 0 Å². The van der Waals surface area contributed by atoms with E-state index in [-0.39, 0.29) is 27.3 Å². The van der Waals surface area contributed by atoms with Gasteiger partial charge in [-0.3, -0.25) is 14.4 Å². The van der Waals surface area contributed by atoms with Crippen molar-refractivity contribution in [2.75, 3.05) is 11.8 Å². The molecular weight excluding hydrogens is 375 g/mol. The molecule has 2 N–H and O–H groups in total. The molecule has 0 unspecified atom stereocenters. The number of hydrogen-bond donors (Lipinski definition) is 2. The van der Waals surface area contributed by atoms with Crippen LogP contribution < -0.4 is 10.2 Å². The maximum atomic E-state index is 12.3. The topological polar surface area (TPSA) is 84.5 Å². The number of benzene rings is 2. The fourth-order valence-corrected chi connectivity index (χ4v) is 3.33. The summed E-state index contributed by atoms with van der Waals surface area (Å²) < 4.78 is 27.1. The van der Waals surface area contributed by atoms with E-state index in [4.69, 9.17) is 23.2 Å². The highest BCUT2D eigenvalue weighted by molar-refractivity contribution is 7.92. The first-order valence-electron chi connectivity index (χ1n) is 6.70. The Balaban J connectivity index is 2.12. The SMILES string of the molecule is CONC(=O)Cc1ccc(NS(=O)(=O)c2ccc(Cl)c(Cl)c2)cc1. The quantitative estimate of drug-likeness (QED) is 0.744. The van der Waals surface area contributed by atoms with Crippen LogP contribution in [0.3, 0.4) is 0 Å². The van der Waals surface area contributed by atoms with Crippen molar-refractivity contribution in [2.45, 2.75) is 11.3 Å². The van der Waals surface area contributed by atoms with Crippen LogP contribution in [-0.2, 0) is 26.1 Å². The smallest absolute Gasteiger partial charge is 0.261 e. The van der Waals surface area contributed by atoms with Crippen LogP contribution in [0.15, 0.2) is 47.4 Å². The summed E-state index contributed by atoms with van der Waals surface area (Å²) in [7, 11) is -2.44. The second kappa shape index (κ2) is 7.85. The minimum atomic E-state index is -3.79. The van der Waals surface area contributed by atoms with Gasteiger partial charge in [-0.15, -0.1) is 0 Å². The number of hydrogen-bond acceptors (Lipinski definition) is 4. The van der Waals surface area contributed by atoms with Crippen LogP contribution in [0.4, 0.5) is 5.69 Å². The Hall–Kier alpha value is -1.80. The predicted octanol–water partition coefficient (Wildman–Crippen LogP) is 3.01. The summed E-state index contributed by atoms with van der Waals surface area (Å²) in [5.74, 6) is -0.304. The van der Waals surface area contributed by atoms with Crippen molar-refractivity contribution in [1.82, 2.24) is 5.48 Å². The molecule has 0 fully saturated rings. The fraction of sp³-hybridized carbons (Fsp3) is 0.133. The Kier molecular flexibility index (Phi) is 6.06. The zero-order chi connectivity index (χ0) is 17.7. The number of sulfonamides is 1. The van der Waals surface area contributed by atoms with Crippen molar-refractivity contribution in [3.8, 4) is 0 Å². The number of halogens is 2. The molecule has 0 heterocycles. The molecule has 6 nitrogen and oxygen atoms in total. The molecule has 0 atom stereocenters. The van der Waals surface area contributed by atoms with Gasteiger partial charge in [-0.25, -0.2) is 13.9 Å². The summed E-state index contributed by atoms with van der Waals surface area (Å²) in [6.07, 6.45) is 0.119. The highest BCUT2D eigenvalue weighted by atomic mass is 35.5. The van der Waals surface area contributed by atoms with Crippen LogP contribution in [-0.4, -0.2) is 21.4 Å². The van der Waals surface area contributed by atoms with Crippen LogP contribution in [0.2, 0.25) is 10.0 Å². The predicted molar refractivity (Wildman–Crippen MR) is 92.6 cm³/mol. The summed E-state index contributed by atoms with van der Waals surface area (Å²) in [6.45, 7) is 0. The van der Waals surface area contributed by atoms with Gasteiger partial charge in [0.25, 0.3) is 10.0 Å². The number of hydroxylamine groups is 1. The maximum Gasteiger partial charge on any atom is 0.261 e. The molecule has 1 amide bonds. The lowest BCUT2D eigenvalue weighted by Crippen LogP contribution is -2.23. The highest BCUT2D eigenvalue weighted by Gasteiger charge is 2.15. The Bertz CT molecular complexity index is 839. The monoisotopic (exact) mass is 388 g/mol. The Morgan fingerprint density at radius 2 is 1.75 bits per heavy atom. The third-order valence-electron chi connectivity index (χ3n) is 2.99. The Morgan fingerprint density at radius 1 is 1.08 bits per heavy atom. The zero-order valence-electron chi connectivity index (χ0n) is 12.5. The van der Waals surface area contributed by atoms with Gasteiger partial charge in [-0.05, 0) is 35.9 Å². The van der Waals surface area contributed by atoms with E-state index in [9.17, 15) is 13.2 Å². The van der Waals surface area contributed by atoms with Gasteiger partial charge in [0, 0.05) is 5.69 Å². The summed E-state index contributed by atoms with van der Waals surface area (Å²) in [5, 5.41) is 0.424. The molecule has 0 saturated heterocycles. The van der Waals surface area contributed by atoms with E-state index in [0.29, 0.717) is 11.3 Å². The van der Waals surface area contributed by atoms with Gasteiger partial charge in [0.2, 0.25) is 5.91 Å². The van der Waals surface area contributed by atoms with Crippen LogP contribution in [0.1, 0.15) is 5.56 Å². The van der Waals surface area contributed by atoms with Crippen LogP contribution in [0.5, 0.6) is 0 Å². The minimum absolute atomic E-state index is 0.000416. The van der Waals surface area contributed by atoms with Crippen LogP contribution >= 0.6 is 23.2 Å². The molecule has 2 rings (SSSR count). The maximum absolute atomic E-state index is 12.3. The molecule has 0 aliphatic carbocycles. The number of carbonyl (C=O) groups is 1. The number of anilines is 1. The third-order valence-corrected chi connectivity index (χ3v) is 5.11. The molecule has 2 aromatic rings. The number of carbonyl (C=O) groups excluding carboxylic acids is 1. The first-order valence-corrected chi connectivity index (χ1v) is 8.94. The van der Waals surface area contributed by atoms with Crippen molar-refractivity contribution in [3.63, 3.8) is 0 Å². The van der Waals surface area contributed by atoms with Gasteiger partial charge >= 0.3 is 0 Å². The summed E-state index contributed by atoms with van der Waals surface area (Å²) in [4.78, 5) is 15.9. The average Bonchev–Trinajstić information content (AvgIpc) is 2.52. The molecule has 2 aromatic carbocycles. The van der Waals surface area contributed by atoms with Gasteiger partial charge in [0.15, 0.2) is 0 Å². The largest absolute Gasteiger partial charge is 0.280 e. The van der Waals surface area contributed by atoms with Crippen molar-refractivity contribution < 1.29 is 18.0 Å². The summed E-state index contributed by atoms with van der Waals surface area (Å²) in [6, 6.07) is 10.4. The first kappa shape index (κ1) is 18.5. The van der Waals surface area contributed by atoms with Gasteiger partial charge < -0.3 is 0 Å². The molecular formula is C15H14Cl2N2O4S. The molecule has 0 spiro atoms. The van der Waals surface area contributed by atoms with Gasteiger partial charge in [0.05, 0.1) is 28.5 Å². The van der Waals surface area contributed by atoms with Crippen molar-refractivity contribution in [3.05, 3.63) is 58.1 Å². The van der Waals surface area contributed by atoms with E-state index in [1.165, 1.54) is 25.3 Å². The molecule has 0 aliphatic rings. The number of amides is 1. The van der Waals surface area contributed by atoms with E-state index >= 15 is 0 Å². The first-order chi connectivity index (χ1) is 11.3. The zero-order valence-corrected chi connectivity index (χ0v) is 14.9. The lowest BCUT2D eigenvalue weighted by Gasteiger charge is -2.09. The van der Waals surface area contributed by atoms with E-state index in [0.717, 1.165) is 0 Å². The minimum Gasteiger partial charge on any atom is -0.280 e. The molecule has 128 valence electrons. The van der Waals surface area contributed by atoms with E-state index < -0.39 is 10.0 Å². The normalized spacial score (nSPS) is 11.1. The van der Waals surface area contributed by atoms with Crippen molar-refractivity contribution in [2.24, 2.45) is 0 Å². The average molecular weight is 389 g/mol. The molecule has 0 saturated carbocycles. The standard InChI is InChI=1S/C15H14Cl2N2O4S/c1-23-18-15(20)8-10-2-4-11(5-3-10)19-24(21,22)12-6-7-13(16)14(17)9-12/h2-7,9,19H,8H2,1H3,(H,18,20). The Labute approximate surface area is 149 Å². The Morgan fingerprint density at radius 3 is 2.33 bits per heavy atom. The van der Waals surface area contributed by atoms with E-state index in [2.05, 4.69) is 15.0 Å².